The molecule has 1 aliphatic rings. The molecule has 0 atom stereocenters. The summed E-state index contributed by atoms with van der Waals surface area (Å²) in [6.07, 6.45) is 1.79. The van der Waals surface area contributed by atoms with Crippen LogP contribution >= 0.6 is 0 Å². The number of aromatic nitrogens is 2. The Morgan fingerprint density at radius 3 is 2.95 bits per heavy atom. The average Bonchev–Trinajstić information content (AvgIpc) is 2.94. The maximum Gasteiger partial charge on any atom is 0.231 e. The fourth-order valence-corrected chi connectivity index (χ4v) is 1.98. The van der Waals surface area contributed by atoms with Crippen molar-refractivity contribution in [2.45, 2.75) is 13.5 Å². The van der Waals surface area contributed by atoms with E-state index in [1.54, 1.807) is 13.2 Å². The van der Waals surface area contributed by atoms with Crippen molar-refractivity contribution in [2.75, 3.05) is 24.5 Å². The van der Waals surface area contributed by atoms with Gasteiger partial charge in [-0.15, -0.1) is 0 Å². The third-order valence-corrected chi connectivity index (χ3v) is 3.09. The van der Waals surface area contributed by atoms with Gasteiger partial charge in [0.25, 0.3) is 0 Å². The molecule has 2 aromatic rings. The number of nitrogens with one attached hydrogen (secondary N) is 2. The average molecular weight is 272 g/mol. The molecule has 1 aromatic heterocycles. The zero-order valence-corrected chi connectivity index (χ0v) is 11.4. The van der Waals surface area contributed by atoms with Gasteiger partial charge in [-0.25, -0.2) is 4.98 Å². The van der Waals surface area contributed by atoms with Crippen LogP contribution < -0.4 is 20.1 Å². The van der Waals surface area contributed by atoms with E-state index in [0.29, 0.717) is 19.3 Å². The molecule has 0 unspecified atom stereocenters. The zero-order valence-electron chi connectivity index (χ0n) is 11.4. The van der Waals surface area contributed by atoms with Crippen LogP contribution in [0.1, 0.15) is 11.1 Å². The number of hydrogen-bond donors (Lipinski definition) is 2. The lowest BCUT2D eigenvalue weighted by atomic mass is 10.2. The molecule has 3 rings (SSSR count). The van der Waals surface area contributed by atoms with E-state index < -0.39 is 0 Å². The first-order chi connectivity index (χ1) is 9.76. The summed E-state index contributed by atoms with van der Waals surface area (Å²) in [7, 11) is 1.80. The third-order valence-electron chi connectivity index (χ3n) is 3.09. The quantitative estimate of drug-likeness (QED) is 0.889. The molecule has 0 saturated heterocycles. The van der Waals surface area contributed by atoms with Crippen molar-refractivity contribution >= 4 is 11.8 Å². The highest BCUT2D eigenvalue weighted by Gasteiger charge is 2.13. The van der Waals surface area contributed by atoms with E-state index in [0.717, 1.165) is 28.4 Å². The molecule has 0 spiro atoms. The molecule has 0 aliphatic carbocycles. The lowest BCUT2D eigenvalue weighted by Gasteiger charge is -2.10. The number of anilines is 2. The molecule has 1 aromatic carbocycles. The standard InChI is InChI=1S/C14H16N4O2/c1-9-6-17-14(15-2)18-13(9)16-7-10-3-4-11-12(5-10)20-8-19-11/h3-6H,7-8H2,1-2H3,(H2,15,16,17,18). The minimum absolute atomic E-state index is 0.294. The van der Waals surface area contributed by atoms with Gasteiger partial charge < -0.3 is 20.1 Å². The smallest absolute Gasteiger partial charge is 0.231 e. The minimum atomic E-state index is 0.294. The van der Waals surface area contributed by atoms with Crippen LogP contribution in [0.4, 0.5) is 11.8 Å². The van der Waals surface area contributed by atoms with Gasteiger partial charge in [-0.3, -0.25) is 0 Å². The topological polar surface area (TPSA) is 68.3 Å². The molecule has 1 aliphatic heterocycles. The first-order valence-electron chi connectivity index (χ1n) is 6.40. The second-order valence-corrected chi connectivity index (χ2v) is 4.52. The summed E-state index contributed by atoms with van der Waals surface area (Å²) in [6, 6.07) is 5.91. The fourth-order valence-electron chi connectivity index (χ4n) is 1.98. The highest BCUT2D eigenvalue weighted by molar-refractivity contribution is 5.48. The van der Waals surface area contributed by atoms with Crippen molar-refractivity contribution < 1.29 is 9.47 Å². The van der Waals surface area contributed by atoms with Gasteiger partial charge in [0.1, 0.15) is 5.82 Å². The number of nitrogens with zero attached hydrogens (tertiary/aromatic N) is 2. The van der Waals surface area contributed by atoms with Gasteiger partial charge in [0.15, 0.2) is 11.5 Å². The van der Waals surface area contributed by atoms with E-state index in [9.17, 15) is 0 Å². The monoisotopic (exact) mass is 272 g/mol. The zero-order chi connectivity index (χ0) is 13.9. The van der Waals surface area contributed by atoms with Crippen molar-refractivity contribution in [2.24, 2.45) is 0 Å². The summed E-state index contributed by atoms with van der Waals surface area (Å²) in [5.41, 5.74) is 2.11. The summed E-state index contributed by atoms with van der Waals surface area (Å²) in [6.45, 7) is 2.93. The Labute approximate surface area is 117 Å². The van der Waals surface area contributed by atoms with Crippen LogP contribution in [0.15, 0.2) is 24.4 Å². The van der Waals surface area contributed by atoms with Crippen molar-refractivity contribution in [1.29, 1.82) is 0 Å². The lowest BCUT2D eigenvalue weighted by molar-refractivity contribution is 0.174. The predicted molar refractivity (Wildman–Crippen MR) is 76.2 cm³/mol. The number of hydrogen-bond acceptors (Lipinski definition) is 6. The summed E-state index contributed by atoms with van der Waals surface area (Å²) in [4.78, 5) is 8.55. The van der Waals surface area contributed by atoms with Crippen LogP contribution in [0, 0.1) is 6.92 Å². The molecule has 2 heterocycles. The van der Waals surface area contributed by atoms with Crippen LogP contribution in [0.25, 0.3) is 0 Å². The van der Waals surface area contributed by atoms with Crippen LogP contribution in [-0.4, -0.2) is 23.8 Å². The number of benzene rings is 1. The molecule has 20 heavy (non-hydrogen) atoms. The predicted octanol–water partition coefficient (Wildman–Crippen LogP) is 2.17. The van der Waals surface area contributed by atoms with Crippen LogP contribution in [-0.2, 0) is 6.54 Å². The van der Waals surface area contributed by atoms with Crippen molar-refractivity contribution in [3.8, 4) is 11.5 Å². The normalized spacial score (nSPS) is 12.3. The van der Waals surface area contributed by atoms with E-state index in [2.05, 4.69) is 20.6 Å². The van der Waals surface area contributed by atoms with E-state index in [1.807, 2.05) is 25.1 Å². The molecular weight excluding hydrogens is 256 g/mol. The van der Waals surface area contributed by atoms with Gasteiger partial charge in [-0.1, -0.05) is 6.07 Å². The number of fused-ring (bicyclic) bond motifs is 1. The Morgan fingerprint density at radius 1 is 1.25 bits per heavy atom. The molecule has 2 N–H and O–H groups in total. The van der Waals surface area contributed by atoms with Crippen molar-refractivity contribution in [1.82, 2.24) is 9.97 Å². The van der Waals surface area contributed by atoms with Gasteiger partial charge in [0.05, 0.1) is 0 Å². The van der Waals surface area contributed by atoms with Crippen LogP contribution in [0.3, 0.4) is 0 Å². The van der Waals surface area contributed by atoms with Gasteiger partial charge in [0.2, 0.25) is 12.7 Å². The van der Waals surface area contributed by atoms with Crippen LogP contribution in [0.5, 0.6) is 11.5 Å². The molecule has 104 valence electrons. The molecule has 6 heteroatoms. The summed E-state index contributed by atoms with van der Waals surface area (Å²) in [5.74, 6) is 3.01. The molecule has 6 nitrogen and oxygen atoms in total. The van der Waals surface area contributed by atoms with E-state index in [-0.39, 0.29) is 0 Å². The van der Waals surface area contributed by atoms with E-state index >= 15 is 0 Å². The number of rotatable bonds is 4. The highest BCUT2D eigenvalue weighted by atomic mass is 16.7. The minimum Gasteiger partial charge on any atom is -0.454 e. The first-order valence-corrected chi connectivity index (χ1v) is 6.40. The molecule has 0 saturated carbocycles. The summed E-state index contributed by atoms with van der Waals surface area (Å²) in [5, 5.41) is 6.24. The number of aryl methyl sites for hydroxylation is 1. The van der Waals surface area contributed by atoms with Crippen molar-refractivity contribution in [3.63, 3.8) is 0 Å². The lowest BCUT2D eigenvalue weighted by Crippen LogP contribution is -2.06. The Balaban J connectivity index is 1.73. The van der Waals surface area contributed by atoms with E-state index in [1.165, 1.54) is 0 Å². The Hall–Kier alpha value is -2.50. The summed E-state index contributed by atoms with van der Waals surface area (Å²) < 4.78 is 10.7. The second-order valence-electron chi connectivity index (χ2n) is 4.52. The Morgan fingerprint density at radius 2 is 2.10 bits per heavy atom. The molecule has 0 amide bonds. The molecular formula is C14H16N4O2. The van der Waals surface area contributed by atoms with Gasteiger partial charge >= 0.3 is 0 Å². The molecule has 0 bridgehead atoms. The molecule has 0 radical (unpaired) electrons. The Kier molecular flexibility index (Phi) is 3.28. The van der Waals surface area contributed by atoms with Crippen LogP contribution in [0.2, 0.25) is 0 Å². The van der Waals surface area contributed by atoms with E-state index in [4.69, 9.17) is 9.47 Å². The summed E-state index contributed by atoms with van der Waals surface area (Å²) >= 11 is 0. The second kappa shape index (κ2) is 5.24. The molecule has 0 fully saturated rings. The van der Waals surface area contributed by atoms with Gasteiger partial charge in [-0.2, -0.15) is 4.98 Å². The number of ether oxygens (including phenoxy) is 2. The van der Waals surface area contributed by atoms with Gasteiger partial charge in [-0.05, 0) is 24.6 Å². The maximum absolute atomic E-state index is 5.37. The SMILES string of the molecule is CNc1ncc(C)c(NCc2ccc3c(c2)OCO3)n1. The maximum atomic E-state index is 5.37. The largest absolute Gasteiger partial charge is 0.454 e. The highest BCUT2D eigenvalue weighted by Crippen LogP contribution is 2.32. The third kappa shape index (κ3) is 2.45. The Bertz CT molecular complexity index is 631. The van der Waals surface area contributed by atoms with Crippen molar-refractivity contribution in [3.05, 3.63) is 35.5 Å². The van der Waals surface area contributed by atoms with Gasteiger partial charge in [0, 0.05) is 25.4 Å². The first kappa shape index (κ1) is 12.5. The fraction of sp³-hybridized carbons (Fsp3) is 0.286.